The molecular weight excluding hydrogens is 441 g/mol. The molecule has 0 fully saturated rings. The molecule has 0 saturated carbocycles. The first-order valence-corrected chi connectivity index (χ1v) is 8.45. The second kappa shape index (κ2) is 11.6. The largest absolute Gasteiger partial charge is 0.497 e. The van der Waals surface area contributed by atoms with Gasteiger partial charge in [0.15, 0.2) is 5.96 Å². The number of hydrogen-bond acceptors (Lipinski definition) is 3. The molecule has 0 aliphatic heterocycles. The number of aliphatic imine (C=N–C) groups is 1. The van der Waals surface area contributed by atoms with Gasteiger partial charge in [-0.1, -0.05) is 24.3 Å². The fourth-order valence-corrected chi connectivity index (χ4v) is 2.57. The van der Waals surface area contributed by atoms with E-state index in [9.17, 15) is 0 Å². The van der Waals surface area contributed by atoms with Gasteiger partial charge in [-0.05, 0) is 43.2 Å². The third-order valence-electron chi connectivity index (χ3n) is 3.75. The van der Waals surface area contributed by atoms with Gasteiger partial charge in [0.1, 0.15) is 11.5 Å². The molecule has 0 amide bonds. The van der Waals surface area contributed by atoms with Crippen molar-refractivity contribution in [2.45, 2.75) is 26.9 Å². The molecule has 0 aromatic heterocycles. The second-order valence-electron chi connectivity index (χ2n) is 5.72. The summed E-state index contributed by atoms with van der Waals surface area (Å²) in [6, 6.07) is 14.1. The van der Waals surface area contributed by atoms with Gasteiger partial charge < -0.3 is 20.1 Å². The van der Waals surface area contributed by atoms with Crippen LogP contribution in [0.25, 0.3) is 0 Å². The maximum atomic E-state index is 5.39. The highest BCUT2D eigenvalue weighted by atomic mass is 127. The number of benzene rings is 2. The van der Waals surface area contributed by atoms with Crippen molar-refractivity contribution in [3.63, 3.8) is 0 Å². The Bertz CT molecular complexity index is 720. The molecule has 2 aromatic rings. The number of nitrogens with zero attached hydrogens (tertiary/aromatic N) is 1. The van der Waals surface area contributed by atoms with Gasteiger partial charge in [-0.15, -0.1) is 24.0 Å². The van der Waals surface area contributed by atoms with Crippen LogP contribution < -0.4 is 20.1 Å². The summed E-state index contributed by atoms with van der Waals surface area (Å²) in [5.41, 5.74) is 3.37. The van der Waals surface area contributed by atoms with Crippen LogP contribution in [-0.2, 0) is 13.1 Å². The summed E-state index contributed by atoms with van der Waals surface area (Å²) in [7, 11) is 3.37. The van der Waals surface area contributed by atoms with Gasteiger partial charge in [-0.2, -0.15) is 0 Å². The lowest BCUT2D eigenvalue weighted by Crippen LogP contribution is -2.36. The van der Waals surface area contributed by atoms with Gasteiger partial charge in [-0.3, -0.25) is 0 Å². The summed E-state index contributed by atoms with van der Waals surface area (Å²) in [6.07, 6.45) is 0. The average Bonchev–Trinajstić information content (AvgIpc) is 2.63. The lowest BCUT2D eigenvalue weighted by atomic mass is 10.1. The van der Waals surface area contributed by atoms with Gasteiger partial charge in [0.05, 0.1) is 20.8 Å². The van der Waals surface area contributed by atoms with Gasteiger partial charge in [0.25, 0.3) is 0 Å². The molecule has 2 rings (SSSR count). The molecule has 0 unspecified atom stereocenters. The van der Waals surface area contributed by atoms with Crippen LogP contribution in [0.3, 0.4) is 0 Å². The molecule has 0 heterocycles. The van der Waals surface area contributed by atoms with E-state index in [1.807, 2.05) is 36.4 Å². The summed E-state index contributed by atoms with van der Waals surface area (Å²) >= 11 is 0. The van der Waals surface area contributed by atoms with E-state index in [-0.39, 0.29) is 24.0 Å². The Balaban J connectivity index is 0.00000338. The molecule has 0 saturated heterocycles. The van der Waals surface area contributed by atoms with Crippen LogP contribution in [0.4, 0.5) is 0 Å². The number of guanidine groups is 1. The Morgan fingerprint density at radius 2 is 1.81 bits per heavy atom. The van der Waals surface area contributed by atoms with Crippen LogP contribution in [0.2, 0.25) is 0 Å². The third kappa shape index (κ3) is 6.74. The third-order valence-corrected chi connectivity index (χ3v) is 3.75. The summed E-state index contributed by atoms with van der Waals surface area (Å²) in [6.45, 7) is 6.14. The van der Waals surface area contributed by atoms with Crippen molar-refractivity contribution in [2.24, 2.45) is 4.99 Å². The molecule has 5 nitrogen and oxygen atoms in total. The lowest BCUT2D eigenvalue weighted by Gasteiger charge is -2.13. The Morgan fingerprint density at radius 3 is 2.50 bits per heavy atom. The smallest absolute Gasteiger partial charge is 0.191 e. The molecule has 0 aliphatic carbocycles. The maximum absolute atomic E-state index is 5.39. The zero-order valence-corrected chi connectivity index (χ0v) is 18.2. The van der Waals surface area contributed by atoms with Gasteiger partial charge in [-0.25, -0.2) is 4.99 Å². The normalized spacial score (nSPS) is 10.7. The Hall–Kier alpha value is -1.96. The SMILES string of the molecule is CCNC(=NCc1cc(C)cc(OC)c1)NCc1ccccc1OC.I. The number of para-hydroxylation sites is 1. The van der Waals surface area contributed by atoms with E-state index in [4.69, 9.17) is 9.47 Å². The van der Waals surface area contributed by atoms with Gasteiger partial charge >= 0.3 is 0 Å². The molecule has 2 aromatic carbocycles. The topological polar surface area (TPSA) is 54.9 Å². The van der Waals surface area contributed by atoms with E-state index in [1.165, 1.54) is 0 Å². The minimum atomic E-state index is 0. The molecule has 6 heteroatoms. The zero-order chi connectivity index (χ0) is 18.1. The molecule has 26 heavy (non-hydrogen) atoms. The Kier molecular flexibility index (Phi) is 9.87. The van der Waals surface area contributed by atoms with Crippen LogP contribution in [0.5, 0.6) is 11.5 Å². The van der Waals surface area contributed by atoms with Gasteiger partial charge in [0, 0.05) is 18.7 Å². The second-order valence-corrected chi connectivity index (χ2v) is 5.72. The van der Waals surface area contributed by atoms with Crippen molar-refractivity contribution in [3.8, 4) is 11.5 Å². The summed E-state index contributed by atoms with van der Waals surface area (Å²) in [5.74, 6) is 2.50. The Morgan fingerprint density at radius 1 is 1.04 bits per heavy atom. The highest BCUT2D eigenvalue weighted by Crippen LogP contribution is 2.18. The van der Waals surface area contributed by atoms with Crippen LogP contribution in [0.1, 0.15) is 23.6 Å². The lowest BCUT2D eigenvalue weighted by molar-refractivity contribution is 0.409. The highest BCUT2D eigenvalue weighted by Gasteiger charge is 2.04. The molecule has 142 valence electrons. The van der Waals surface area contributed by atoms with E-state index >= 15 is 0 Å². The van der Waals surface area contributed by atoms with E-state index in [2.05, 4.69) is 35.5 Å². The Labute approximate surface area is 173 Å². The summed E-state index contributed by atoms with van der Waals surface area (Å²) in [5, 5.41) is 6.62. The number of methoxy groups -OCH3 is 2. The van der Waals surface area contributed by atoms with Crippen LogP contribution in [0, 0.1) is 6.92 Å². The number of aryl methyl sites for hydroxylation is 1. The molecule has 0 atom stereocenters. The first-order valence-electron chi connectivity index (χ1n) is 8.45. The first kappa shape index (κ1) is 22.1. The quantitative estimate of drug-likeness (QED) is 0.367. The first-order chi connectivity index (χ1) is 12.2. The highest BCUT2D eigenvalue weighted by molar-refractivity contribution is 14.0. The van der Waals surface area contributed by atoms with Crippen molar-refractivity contribution in [1.29, 1.82) is 0 Å². The molecule has 0 bridgehead atoms. The minimum absolute atomic E-state index is 0. The molecular formula is C20H28IN3O2. The van der Waals surface area contributed by atoms with Crippen molar-refractivity contribution < 1.29 is 9.47 Å². The van der Waals surface area contributed by atoms with E-state index in [0.29, 0.717) is 13.1 Å². The van der Waals surface area contributed by atoms with Crippen LogP contribution in [-0.4, -0.2) is 26.7 Å². The van der Waals surface area contributed by atoms with Crippen molar-refractivity contribution in [2.75, 3.05) is 20.8 Å². The van der Waals surface area contributed by atoms with E-state index in [1.54, 1.807) is 14.2 Å². The molecule has 0 radical (unpaired) electrons. The van der Waals surface area contributed by atoms with Crippen molar-refractivity contribution >= 4 is 29.9 Å². The summed E-state index contributed by atoms with van der Waals surface area (Å²) in [4.78, 5) is 4.67. The number of hydrogen-bond donors (Lipinski definition) is 2. The number of halogens is 1. The zero-order valence-electron chi connectivity index (χ0n) is 15.8. The average molecular weight is 469 g/mol. The van der Waals surface area contributed by atoms with Crippen molar-refractivity contribution in [1.82, 2.24) is 10.6 Å². The monoisotopic (exact) mass is 469 g/mol. The predicted octanol–water partition coefficient (Wildman–Crippen LogP) is 3.89. The van der Waals surface area contributed by atoms with E-state index in [0.717, 1.165) is 40.7 Å². The molecule has 2 N–H and O–H groups in total. The molecule has 0 spiro atoms. The summed E-state index contributed by atoms with van der Waals surface area (Å²) < 4.78 is 10.7. The number of rotatable bonds is 7. The van der Waals surface area contributed by atoms with E-state index < -0.39 is 0 Å². The van der Waals surface area contributed by atoms with Crippen molar-refractivity contribution in [3.05, 3.63) is 59.2 Å². The van der Waals surface area contributed by atoms with Gasteiger partial charge in [0.2, 0.25) is 0 Å². The standard InChI is InChI=1S/C20H27N3O2.HI/c1-5-21-20(23-14-17-8-6-7-9-19(17)25-4)22-13-16-10-15(2)11-18(12-16)24-3;/h6-12H,5,13-14H2,1-4H3,(H2,21,22,23);1H. The number of nitrogens with one attached hydrogen (secondary N) is 2. The maximum Gasteiger partial charge on any atom is 0.191 e. The molecule has 0 aliphatic rings. The fourth-order valence-electron chi connectivity index (χ4n) is 2.57. The fraction of sp³-hybridized carbons (Fsp3) is 0.350. The number of ether oxygens (including phenoxy) is 2. The van der Waals surface area contributed by atoms with Crippen LogP contribution >= 0.6 is 24.0 Å². The minimum Gasteiger partial charge on any atom is -0.497 e. The predicted molar refractivity (Wildman–Crippen MR) is 118 cm³/mol. The van der Waals surface area contributed by atoms with Crippen LogP contribution in [0.15, 0.2) is 47.5 Å².